The molecule has 1 aliphatic rings. The highest BCUT2D eigenvalue weighted by atomic mass is 16.7. The molecule has 0 radical (unpaired) electrons. The molecule has 2 N–H and O–H groups in total. The van der Waals surface area contributed by atoms with Crippen molar-refractivity contribution in [1.29, 1.82) is 0 Å². The molecule has 0 spiro atoms. The van der Waals surface area contributed by atoms with E-state index >= 15 is 0 Å². The van der Waals surface area contributed by atoms with E-state index in [4.69, 9.17) is 15.1 Å². The van der Waals surface area contributed by atoms with Crippen molar-refractivity contribution in [2.24, 2.45) is 0 Å². The normalized spacial score (nSPS) is 21.7. The highest BCUT2D eigenvalue weighted by Crippen LogP contribution is 2.07. The zero-order valence-corrected chi connectivity index (χ0v) is 5.36. The van der Waals surface area contributed by atoms with Crippen LogP contribution < -0.4 is 0 Å². The Morgan fingerprint density at radius 3 is 2.50 bits per heavy atom. The van der Waals surface area contributed by atoms with Crippen LogP contribution in [0.2, 0.25) is 0 Å². The van der Waals surface area contributed by atoms with Gasteiger partial charge in [-0.2, -0.15) is 5.06 Å². The maximum absolute atomic E-state index is 10.3. The van der Waals surface area contributed by atoms with E-state index in [2.05, 4.69) is 0 Å². The molecule has 10 heavy (non-hydrogen) atoms. The van der Waals surface area contributed by atoms with Gasteiger partial charge in [0.2, 0.25) is 0 Å². The number of nitrogens with zero attached hydrogens (tertiary/aromatic N) is 1. The second kappa shape index (κ2) is 2.96. The van der Waals surface area contributed by atoms with Gasteiger partial charge in [-0.1, -0.05) is 0 Å². The van der Waals surface area contributed by atoms with Crippen molar-refractivity contribution < 1.29 is 19.8 Å². The molecule has 1 heterocycles. The molecule has 58 valence electrons. The Kier molecular flexibility index (Phi) is 2.21. The third-order valence-electron chi connectivity index (χ3n) is 1.37. The average molecular weight is 147 g/mol. The number of carboxylic acid groups (broad SMARTS) is 1. The van der Waals surface area contributed by atoms with Crippen molar-refractivity contribution >= 4 is 5.97 Å². The van der Waals surface area contributed by atoms with E-state index in [0.717, 1.165) is 0 Å². The van der Waals surface area contributed by atoms with Crippen molar-refractivity contribution in [2.75, 3.05) is 19.8 Å². The number of carbonyl (C=O) groups is 1. The predicted molar refractivity (Wildman–Crippen MR) is 31.2 cm³/mol. The number of carboxylic acids is 1. The number of hydrogen-bond donors (Lipinski definition) is 2. The lowest BCUT2D eigenvalue weighted by molar-refractivity contribution is -0.273. The Bertz CT molecular complexity index is 134. The molecule has 1 saturated heterocycles. The molecule has 5 nitrogen and oxygen atoms in total. The van der Waals surface area contributed by atoms with Gasteiger partial charge in [-0.25, -0.2) is 0 Å². The number of rotatable bonds is 3. The van der Waals surface area contributed by atoms with Gasteiger partial charge in [0, 0.05) is 0 Å². The van der Waals surface area contributed by atoms with Crippen molar-refractivity contribution in [3.63, 3.8) is 0 Å². The molecule has 0 aromatic heterocycles. The fourth-order valence-electron chi connectivity index (χ4n) is 0.735. The van der Waals surface area contributed by atoms with Crippen LogP contribution in [0, 0.1) is 0 Å². The smallest absolute Gasteiger partial charge is 0.325 e. The van der Waals surface area contributed by atoms with Crippen LogP contribution in [0.25, 0.3) is 0 Å². The summed E-state index contributed by atoms with van der Waals surface area (Å²) in [6.07, 6.45) is 0. The molecule has 1 atom stereocenters. The number of hydroxylamine groups is 2. The fraction of sp³-hybridized carbons (Fsp3) is 0.800. The standard InChI is InChI=1S/C5H9NO4/c7-3-4(5(8)9)6-1-2-10-6/h4,7H,1-3H2,(H,8,9)/t4-/m0/s1. The Labute approximate surface area is 57.8 Å². The number of hydrogen-bond acceptors (Lipinski definition) is 4. The molecule has 0 aromatic rings. The van der Waals surface area contributed by atoms with Gasteiger partial charge in [0.25, 0.3) is 0 Å². The summed E-state index contributed by atoms with van der Waals surface area (Å²) in [5, 5.41) is 18.2. The van der Waals surface area contributed by atoms with Crippen LogP contribution in [0.3, 0.4) is 0 Å². The lowest BCUT2D eigenvalue weighted by Crippen LogP contribution is -2.52. The van der Waals surface area contributed by atoms with Crippen LogP contribution in [-0.4, -0.2) is 47.0 Å². The van der Waals surface area contributed by atoms with E-state index in [1.165, 1.54) is 5.06 Å². The van der Waals surface area contributed by atoms with Crippen LogP contribution >= 0.6 is 0 Å². The van der Waals surface area contributed by atoms with Crippen molar-refractivity contribution in [3.8, 4) is 0 Å². The van der Waals surface area contributed by atoms with Gasteiger partial charge in [-0.3, -0.25) is 9.63 Å². The topological polar surface area (TPSA) is 70.0 Å². The molecule has 5 heteroatoms. The summed E-state index contributed by atoms with van der Waals surface area (Å²) >= 11 is 0. The van der Waals surface area contributed by atoms with Gasteiger partial charge in [0.15, 0.2) is 6.04 Å². The van der Waals surface area contributed by atoms with Crippen LogP contribution in [0.4, 0.5) is 0 Å². The maximum Gasteiger partial charge on any atom is 0.325 e. The molecule has 1 fully saturated rings. The fourth-order valence-corrected chi connectivity index (χ4v) is 0.735. The first-order chi connectivity index (χ1) is 4.75. The van der Waals surface area contributed by atoms with Gasteiger partial charge < -0.3 is 10.2 Å². The van der Waals surface area contributed by atoms with Crippen LogP contribution in [0.1, 0.15) is 0 Å². The highest BCUT2D eigenvalue weighted by molar-refractivity contribution is 5.73. The quantitative estimate of drug-likeness (QED) is 0.518. The van der Waals surface area contributed by atoms with Gasteiger partial charge in [0.1, 0.15) is 0 Å². The summed E-state index contributed by atoms with van der Waals surface area (Å²) in [6.45, 7) is 0.719. The zero-order chi connectivity index (χ0) is 7.56. The predicted octanol–water partition coefficient (Wildman–Crippen LogP) is -1.32. The maximum atomic E-state index is 10.3. The monoisotopic (exact) mass is 147 g/mol. The van der Waals surface area contributed by atoms with E-state index in [9.17, 15) is 4.79 Å². The Morgan fingerprint density at radius 1 is 1.80 bits per heavy atom. The first-order valence-electron chi connectivity index (χ1n) is 2.99. The Morgan fingerprint density at radius 2 is 2.40 bits per heavy atom. The van der Waals surface area contributed by atoms with E-state index in [1.807, 2.05) is 0 Å². The lowest BCUT2D eigenvalue weighted by Gasteiger charge is -2.33. The minimum atomic E-state index is -1.05. The van der Waals surface area contributed by atoms with Crippen molar-refractivity contribution in [2.45, 2.75) is 6.04 Å². The largest absolute Gasteiger partial charge is 0.480 e. The van der Waals surface area contributed by atoms with Crippen molar-refractivity contribution in [1.82, 2.24) is 5.06 Å². The second-order valence-electron chi connectivity index (χ2n) is 2.01. The summed E-state index contributed by atoms with van der Waals surface area (Å²) in [6, 6.07) is -0.895. The Balaban J connectivity index is 2.39. The molecule has 0 saturated carbocycles. The number of aliphatic hydroxyl groups is 1. The van der Waals surface area contributed by atoms with Crippen molar-refractivity contribution in [3.05, 3.63) is 0 Å². The first-order valence-corrected chi connectivity index (χ1v) is 2.99. The van der Waals surface area contributed by atoms with Crippen LogP contribution in [0.15, 0.2) is 0 Å². The van der Waals surface area contributed by atoms with Crippen LogP contribution in [0.5, 0.6) is 0 Å². The van der Waals surface area contributed by atoms with Gasteiger partial charge in [-0.15, -0.1) is 0 Å². The minimum absolute atomic E-state index is 0.407. The average Bonchev–Trinajstić information content (AvgIpc) is 1.76. The molecule has 0 aliphatic carbocycles. The number of aliphatic carboxylic acids is 1. The summed E-state index contributed by atoms with van der Waals surface area (Å²) < 4.78 is 0. The van der Waals surface area contributed by atoms with E-state index in [0.29, 0.717) is 13.2 Å². The minimum Gasteiger partial charge on any atom is -0.480 e. The molecule has 0 unspecified atom stereocenters. The summed E-state index contributed by atoms with van der Waals surface area (Å²) in [7, 11) is 0. The summed E-state index contributed by atoms with van der Waals surface area (Å²) in [4.78, 5) is 15.0. The van der Waals surface area contributed by atoms with Gasteiger partial charge >= 0.3 is 5.97 Å². The molecule has 0 aromatic carbocycles. The molecule has 1 rings (SSSR count). The van der Waals surface area contributed by atoms with Gasteiger partial charge in [-0.05, 0) is 0 Å². The third-order valence-corrected chi connectivity index (χ3v) is 1.37. The number of aliphatic hydroxyl groups excluding tert-OH is 1. The zero-order valence-electron chi connectivity index (χ0n) is 5.36. The summed E-state index contributed by atoms with van der Waals surface area (Å²) in [5.41, 5.74) is 0. The summed E-state index contributed by atoms with van der Waals surface area (Å²) in [5.74, 6) is -1.05. The molecule has 0 bridgehead atoms. The van der Waals surface area contributed by atoms with E-state index < -0.39 is 18.6 Å². The third kappa shape index (κ3) is 1.26. The van der Waals surface area contributed by atoms with Crippen LogP contribution in [-0.2, 0) is 9.63 Å². The van der Waals surface area contributed by atoms with E-state index in [1.54, 1.807) is 0 Å². The first kappa shape index (κ1) is 7.46. The molecular weight excluding hydrogens is 138 g/mol. The highest BCUT2D eigenvalue weighted by Gasteiger charge is 2.30. The van der Waals surface area contributed by atoms with E-state index in [-0.39, 0.29) is 0 Å². The molecular formula is C5H9NO4. The SMILES string of the molecule is O=C(O)[C@H](CO)N1CCO1. The van der Waals surface area contributed by atoms with Gasteiger partial charge in [0.05, 0.1) is 19.8 Å². The lowest BCUT2D eigenvalue weighted by atomic mass is 10.3. The second-order valence-corrected chi connectivity index (χ2v) is 2.01. The molecule has 1 aliphatic heterocycles. The Hall–Kier alpha value is -0.650. The molecule has 0 amide bonds.